The molecule has 20 heavy (non-hydrogen) atoms. The first kappa shape index (κ1) is 16.1. The van der Waals surface area contributed by atoms with Crippen LogP contribution in [0.5, 0.6) is 0 Å². The standard InChI is InChI=1S/C12H21O8/c13-3-6-1-9(15)11(17)12(20-6)19-4-7-2-8(14)10(16)5-18-7/h6-13,15-17H,1-5H2/q-1/t6-,7-,8-,9-,10+,11-,12-/m0/s1. The molecule has 0 aromatic rings. The Hall–Kier alpha value is -0.320. The van der Waals surface area contributed by atoms with Crippen LogP contribution < -0.4 is 5.11 Å². The van der Waals surface area contributed by atoms with Crippen molar-refractivity contribution in [2.45, 2.75) is 55.8 Å². The predicted molar refractivity (Wildman–Crippen MR) is 62.5 cm³/mol. The highest BCUT2D eigenvalue weighted by atomic mass is 16.7. The fourth-order valence-corrected chi connectivity index (χ4v) is 2.32. The van der Waals surface area contributed by atoms with Gasteiger partial charge < -0.3 is 39.7 Å². The molecule has 2 aliphatic heterocycles. The summed E-state index contributed by atoms with van der Waals surface area (Å²) in [7, 11) is 0. The minimum atomic E-state index is -1.21. The molecule has 0 radical (unpaired) electrons. The van der Waals surface area contributed by atoms with Crippen molar-refractivity contribution < 1.29 is 39.7 Å². The molecule has 0 unspecified atom stereocenters. The molecule has 7 atom stereocenters. The van der Waals surface area contributed by atoms with Crippen molar-refractivity contribution in [1.82, 2.24) is 0 Å². The second-order valence-corrected chi connectivity index (χ2v) is 5.23. The summed E-state index contributed by atoms with van der Waals surface area (Å²) in [5.41, 5.74) is 0. The molecule has 4 N–H and O–H groups in total. The van der Waals surface area contributed by atoms with Gasteiger partial charge in [-0.15, -0.1) is 0 Å². The Labute approximate surface area is 116 Å². The first-order valence-corrected chi connectivity index (χ1v) is 6.70. The molecule has 2 aliphatic rings. The molecule has 2 saturated heterocycles. The third-order valence-electron chi connectivity index (χ3n) is 3.58. The molecule has 8 nitrogen and oxygen atoms in total. The summed E-state index contributed by atoms with van der Waals surface area (Å²) >= 11 is 0. The Bertz CT molecular complexity index is 301. The van der Waals surface area contributed by atoms with Gasteiger partial charge in [0.1, 0.15) is 6.10 Å². The van der Waals surface area contributed by atoms with Gasteiger partial charge in [0.15, 0.2) is 6.29 Å². The molecule has 0 amide bonds. The summed E-state index contributed by atoms with van der Waals surface area (Å²) in [6.45, 7) is -0.311. The Morgan fingerprint density at radius 3 is 2.50 bits per heavy atom. The largest absolute Gasteiger partial charge is 0.850 e. The van der Waals surface area contributed by atoms with Crippen LogP contribution in [-0.2, 0) is 14.2 Å². The van der Waals surface area contributed by atoms with Gasteiger partial charge in [0.25, 0.3) is 0 Å². The van der Waals surface area contributed by atoms with Gasteiger partial charge in [0.2, 0.25) is 0 Å². The highest BCUT2D eigenvalue weighted by molar-refractivity contribution is 4.82. The molecular formula is C12H21O8-. The van der Waals surface area contributed by atoms with E-state index < -0.39 is 42.9 Å². The van der Waals surface area contributed by atoms with E-state index in [1.54, 1.807) is 0 Å². The van der Waals surface area contributed by atoms with E-state index in [9.17, 15) is 20.4 Å². The van der Waals surface area contributed by atoms with E-state index in [-0.39, 0.29) is 32.7 Å². The number of aliphatic hydroxyl groups excluding tert-OH is 4. The smallest absolute Gasteiger partial charge is 0.186 e. The SMILES string of the molecule is [O-][C@H]1C[C@@H](CO[C@H]2O[C@H](CO)C[C@H](O)[C@@H]2O)OC[C@H]1O. The summed E-state index contributed by atoms with van der Waals surface area (Å²) in [5.74, 6) is 0. The van der Waals surface area contributed by atoms with E-state index in [2.05, 4.69) is 0 Å². The van der Waals surface area contributed by atoms with Crippen LogP contribution in [0, 0.1) is 0 Å². The Balaban J connectivity index is 1.80. The molecule has 0 saturated carbocycles. The van der Waals surface area contributed by atoms with Crippen LogP contribution in [0.1, 0.15) is 12.8 Å². The molecule has 2 heterocycles. The third kappa shape index (κ3) is 3.86. The zero-order valence-electron chi connectivity index (χ0n) is 11.0. The number of hydrogen-bond donors (Lipinski definition) is 4. The van der Waals surface area contributed by atoms with Crippen molar-refractivity contribution >= 4 is 0 Å². The third-order valence-corrected chi connectivity index (χ3v) is 3.58. The summed E-state index contributed by atoms with van der Waals surface area (Å²) in [6.07, 6.45) is -6.29. The van der Waals surface area contributed by atoms with Crippen LogP contribution in [0.3, 0.4) is 0 Å². The lowest BCUT2D eigenvalue weighted by Gasteiger charge is -2.39. The molecular weight excluding hydrogens is 272 g/mol. The van der Waals surface area contributed by atoms with E-state index in [1.807, 2.05) is 0 Å². The van der Waals surface area contributed by atoms with Crippen molar-refractivity contribution in [2.75, 3.05) is 19.8 Å². The number of rotatable bonds is 4. The Morgan fingerprint density at radius 1 is 1.10 bits per heavy atom. The zero-order valence-corrected chi connectivity index (χ0v) is 11.0. The first-order chi connectivity index (χ1) is 9.51. The van der Waals surface area contributed by atoms with Crippen LogP contribution in [0.4, 0.5) is 0 Å². The van der Waals surface area contributed by atoms with Crippen LogP contribution in [0.25, 0.3) is 0 Å². The fourth-order valence-electron chi connectivity index (χ4n) is 2.32. The monoisotopic (exact) mass is 293 g/mol. The van der Waals surface area contributed by atoms with Gasteiger partial charge in [-0.2, -0.15) is 0 Å². The second-order valence-electron chi connectivity index (χ2n) is 5.23. The van der Waals surface area contributed by atoms with Gasteiger partial charge in [-0.3, -0.25) is 0 Å². The molecule has 118 valence electrons. The van der Waals surface area contributed by atoms with Gasteiger partial charge in [-0.1, -0.05) is 6.10 Å². The van der Waals surface area contributed by atoms with Crippen molar-refractivity contribution in [3.8, 4) is 0 Å². The average Bonchev–Trinajstić information content (AvgIpc) is 2.44. The minimum absolute atomic E-state index is 0.0120. The summed E-state index contributed by atoms with van der Waals surface area (Å²) < 4.78 is 15.9. The number of aliphatic hydroxyl groups is 4. The van der Waals surface area contributed by atoms with Gasteiger partial charge in [-0.05, 0) is 6.42 Å². The van der Waals surface area contributed by atoms with E-state index in [1.165, 1.54) is 0 Å². The second kappa shape index (κ2) is 7.10. The Kier molecular flexibility index (Phi) is 5.70. The fraction of sp³-hybridized carbons (Fsp3) is 1.00. The lowest BCUT2D eigenvalue weighted by molar-refractivity contribution is -0.453. The maximum Gasteiger partial charge on any atom is 0.186 e. The van der Waals surface area contributed by atoms with Gasteiger partial charge in [0.05, 0.1) is 44.2 Å². The summed E-state index contributed by atoms with van der Waals surface area (Å²) in [4.78, 5) is 0. The summed E-state index contributed by atoms with van der Waals surface area (Å²) in [6, 6.07) is 0. The quantitative estimate of drug-likeness (QED) is 0.424. The average molecular weight is 293 g/mol. The van der Waals surface area contributed by atoms with E-state index in [4.69, 9.17) is 19.3 Å². The van der Waals surface area contributed by atoms with Crippen molar-refractivity contribution in [3.63, 3.8) is 0 Å². The van der Waals surface area contributed by atoms with Gasteiger partial charge in [0, 0.05) is 6.42 Å². The van der Waals surface area contributed by atoms with Crippen LogP contribution in [-0.4, -0.2) is 83.2 Å². The normalized spacial score (nSPS) is 46.4. The van der Waals surface area contributed by atoms with Crippen molar-refractivity contribution in [3.05, 3.63) is 0 Å². The van der Waals surface area contributed by atoms with E-state index in [0.717, 1.165) is 0 Å². The van der Waals surface area contributed by atoms with Crippen LogP contribution >= 0.6 is 0 Å². The molecule has 0 aliphatic carbocycles. The molecule has 0 aromatic carbocycles. The van der Waals surface area contributed by atoms with E-state index >= 15 is 0 Å². The molecule has 0 spiro atoms. The van der Waals surface area contributed by atoms with Crippen LogP contribution in [0.15, 0.2) is 0 Å². The number of hydrogen-bond acceptors (Lipinski definition) is 8. The zero-order chi connectivity index (χ0) is 14.7. The predicted octanol–water partition coefficient (Wildman–Crippen LogP) is -3.29. The lowest BCUT2D eigenvalue weighted by atomic mass is 10.0. The minimum Gasteiger partial charge on any atom is -0.850 e. The van der Waals surface area contributed by atoms with E-state index in [0.29, 0.717) is 0 Å². The van der Waals surface area contributed by atoms with Crippen molar-refractivity contribution in [2.24, 2.45) is 0 Å². The molecule has 2 fully saturated rings. The van der Waals surface area contributed by atoms with Gasteiger partial charge in [-0.25, -0.2) is 0 Å². The highest BCUT2D eigenvalue weighted by Crippen LogP contribution is 2.22. The van der Waals surface area contributed by atoms with Crippen molar-refractivity contribution in [1.29, 1.82) is 0 Å². The first-order valence-electron chi connectivity index (χ1n) is 6.70. The molecule has 2 rings (SSSR count). The molecule has 8 heteroatoms. The lowest BCUT2D eigenvalue weighted by Crippen LogP contribution is -2.53. The maximum absolute atomic E-state index is 11.4. The maximum atomic E-state index is 11.4. The molecule has 0 bridgehead atoms. The molecule has 0 aromatic heterocycles. The van der Waals surface area contributed by atoms with Gasteiger partial charge >= 0.3 is 0 Å². The van der Waals surface area contributed by atoms with Crippen LogP contribution in [0.2, 0.25) is 0 Å². The number of ether oxygens (including phenoxy) is 3. The summed E-state index contributed by atoms with van der Waals surface area (Å²) in [5, 5.41) is 49.1. The Morgan fingerprint density at radius 2 is 1.85 bits per heavy atom. The topological polar surface area (TPSA) is 132 Å². The highest BCUT2D eigenvalue weighted by Gasteiger charge is 2.37.